The molecule has 6 nitrogen and oxygen atoms in total. The van der Waals surface area contributed by atoms with Gasteiger partial charge in [0.25, 0.3) is 6.43 Å². The SMILES string of the molecule is C[C@@H](C(=O)N1CCC[C@H]([C@@H]2C[C@H](C(F)F)n3nc(C(C)(C)C)cc3N2)C1)N1CCCC1. The maximum atomic E-state index is 14.0. The summed E-state index contributed by atoms with van der Waals surface area (Å²) in [5, 5.41) is 8.03. The van der Waals surface area contributed by atoms with Crippen LogP contribution >= 0.6 is 0 Å². The second kappa shape index (κ2) is 8.68. The molecule has 4 heterocycles. The van der Waals surface area contributed by atoms with Gasteiger partial charge in [0.05, 0.1) is 11.7 Å². The number of amides is 1. The molecule has 0 bridgehead atoms. The van der Waals surface area contributed by atoms with Crippen molar-refractivity contribution in [3.8, 4) is 0 Å². The Morgan fingerprint density at radius 1 is 1.19 bits per heavy atom. The van der Waals surface area contributed by atoms with Crippen LogP contribution in [0.25, 0.3) is 0 Å². The number of fused-ring (bicyclic) bond motifs is 1. The minimum Gasteiger partial charge on any atom is -0.367 e. The normalized spacial score (nSPS) is 28.5. The van der Waals surface area contributed by atoms with E-state index in [1.54, 1.807) is 0 Å². The highest BCUT2D eigenvalue weighted by molar-refractivity contribution is 5.81. The number of nitrogens with zero attached hydrogens (tertiary/aromatic N) is 4. The number of piperidine rings is 1. The zero-order valence-corrected chi connectivity index (χ0v) is 19.3. The molecule has 1 aromatic heterocycles. The number of aromatic nitrogens is 2. The van der Waals surface area contributed by atoms with E-state index in [-0.39, 0.29) is 29.3 Å². The number of rotatable bonds is 4. The molecular formula is C23H37F2N5O. The molecule has 2 saturated heterocycles. The summed E-state index contributed by atoms with van der Waals surface area (Å²) < 4.78 is 29.4. The summed E-state index contributed by atoms with van der Waals surface area (Å²) in [5.41, 5.74) is 0.620. The van der Waals surface area contributed by atoms with Gasteiger partial charge in [0.15, 0.2) is 0 Å². The van der Waals surface area contributed by atoms with Gasteiger partial charge in [-0.3, -0.25) is 9.69 Å². The summed E-state index contributed by atoms with van der Waals surface area (Å²) in [4.78, 5) is 17.4. The van der Waals surface area contributed by atoms with E-state index in [0.717, 1.165) is 51.0 Å². The Bertz CT molecular complexity index is 783. The molecule has 0 spiro atoms. The van der Waals surface area contributed by atoms with Crippen molar-refractivity contribution in [3.63, 3.8) is 0 Å². The van der Waals surface area contributed by atoms with E-state index in [1.165, 1.54) is 4.68 Å². The number of hydrogen-bond acceptors (Lipinski definition) is 4. The van der Waals surface area contributed by atoms with E-state index < -0.39 is 12.5 Å². The molecule has 3 aliphatic heterocycles. The molecule has 0 aromatic carbocycles. The van der Waals surface area contributed by atoms with Crippen LogP contribution in [0, 0.1) is 5.92 Å². The first-order valence-electron chi connectivity index (χ1n) is 11.8. The standard InChI is InChI=1S/C23H37F2N5O/c1-15(28-9-5-6-10-28)22(31)29-11-7-8-16(14-29)17-12-18(21(24)25)30-20(26-17)13-19(27-30)23(2,3)4/h13,15-18,21,26H,5-12,14H2,1-4H3/t15-,16-,17-,18+/m0/s1. The molecule has 2 fully saturated rings. The van der Waals surface area contributed by atoms with Crippen LogP contribution in [0.2, 0.25) is 0 Å². The van der Waals surface area contributed by atoms with Crippen LogP contribution in [0.15, 0.2) is 6.07 Å². The Balaban J connectivity index is 1.48. The van der Waals surface area contributed by atoms with Crippen molar-refractivity contribution in [2.24, 2.45) is 5.92 Å². The Hall–Kier alpha value is -1.70. The third-order valence-corrected chi connectivity index (χ3v) is 7.32. The minimum atomic E-state index is -2.47. The van der Waals surface area contributed by atoms with Gasteiger partial charge in [-0.25, -0.2) is 13.5 Å². The average molecular weight is 438 g/mol. The zero-order valence-electron chi connectivity index (χ0n) is 19.3. The molecule has 4 atom stereocenters. The number of carbonyl (C=O) groups is 1. The van der Waals surface area contributed by atoms with Crippen LogP contribution in [0.3, 0.4) is 0 Å². The number of carbonyl (C=O) groups excluding carboxylic acids is 1. The first-order valence-corrected chi connectivity index (χ1v) is 11.8. The fourth-order valence-corrected chi connectivity index (χ4v) is 5.34. The topological polar surface area (TPSA) is 53.4 Å². The van der Waals surface area contributed by atoms with Crippen molar-refractivity contribution >= 4 is 11.7 Å². The average Bonchev–Trinajstić information content (AvgIpc) is 3.41. The molecule has 1 aromatic rings. The molecular weight excluding hydrogens is 400 g/mol. The monoisotopic (exact) mass is 437 g/mol. The van der Waals surface area contributed by atoms with E-state index in [9.17, 15) is 13.6 Å². The first kappa shape index (κ1) is 22.5. The van der Waals surface area contributed by atoms with E-state index in [4.69, 9.17) is 0 Å². The van der Waals surface area contributed by atoms with Gasteiger partial charge in [-0.05, 0) is 58.0 Å². The summed E-state index contributed by atoms with van der Waals surface area (Å²) >= 11 is 0. The first-order chi connectivity index (χ1) is 14.6. The van der Waals surface area contributed by atoms with Gasteiger partial charge in [0.1, 0.15) is 11.9 Å². The number of halogens is 2. The van der Waals surface area contributed by atoms with Gasteiger partial charge in [0, 0.05) is 30.6 Å². The molecule has 174 valence electrons. The van der Waals surface area contributed by atoms with Crippen molar-refractivity contribution < 1.29 is 13.6 Å². The summed E-state index contributed by atoms with van der Waals surface area (Å²) in [6, 6.07) is 0.828. The van der Waals surface area contributed by atoms with Crippen LogP contribution in [-0.2, 0) is 10.2 Å². The number of hydrogen-bond donors (Lipinski definition) is 1. The smallest absolute Gasteiger partial charge is 0.260 e. The van der Waals surface area contributed by atoms with Gasteiger partial charge >= 0.3 is 0 Å². The lowest BCUT2D eigenvalue weighted by atomic mass is 9.85. The highest BCUT2D eigenvalue weighted by Crippen LogP contribution is 2.38. The highest BCUT2D eigenvalue weighted by atomic mass is 19.3. The molecule has 0 aliphatic carbocycles. The summed E-state index contributed by atoms with van der Waals surface area (Å²) in [7, 11) is 0. The van der Waals surface area contributed by atoms with Crippen molar-refractivity contribution in [2.45, 2.75) is 89.8 Å². The van der Waals surface area contributed by atoms with Crippen molar-refractivity contribution in [3.05, 3.63) is 11.8 Å². The molecule has 0 saturated carbocycles. The second-order valence-electron chi connectivity index (χ2n) is 10.6. The molecule has 4 rings (SSSR count). The quantitative estimate of drug-likeness (QED) is 0.776. The van der Waals surface area contributed by atoms with Crippen LogP contribution in [-0.4, -0.2) is 70.2 Å². The number of alkyl halides is 2. The third-order valence-electron chi connectivity index (χ3n) is 7.32. The number of likely N-dealkylation sites (tertiary alicyclic amines) is 2. The fourth-order valence-electron chi connectivity index (χ4n) is 5.34. The number of anilines is 1. The third kappa shape index (κ3) is 4.59. The van der Waals surface area contributed by atoms with Crippen LogP contribution < -0.4 is 5.32 Å². The molecule has 0 radical (unpaired) electrons. The predicted molar refractivity (Wildman–Crippen MR) is 118 cm³/mol. The Morgan fingerprint density at radius 2 is 1.90 bits per heavy atom. The van der Waals surface area contributed by atoms with Gasteiger partial charge in [-0.1, -0.05) is 20.8 Å². The number of nitrogens with one attached hydrogen (secondary N) is 1. The van der Waals surface area contributed by atoms with Crippen molar-refractivity contribution in [2.75, 3.05) is 31.5 Å². The lowest BCUT2D eigenvalue weighted by Gasteiger charge is -2.42. The molecule has 31 heavy (non-hydrogen) atoms. The van der Waals surface area contributed by atoms with E-state index in [0.29, 0.717) is 18.8 Å². The van der Waals surface area contributed by atoms with Gasteiger partial charge in [0.2, 0.25) is 5.91 Å². The van der Waals surface area contributed by atoms with E-state index in [2.05, 4.69) is 15.3 Å². The molecule has 0 unspecified atom stereocenters. The van der Waals surface area contributed by atoms with E-state index >= 15 is 0 Å². The molecule has 3 aliphatic rings. The minimum absolute atomic E-state index is 0.0753. The van der Waals surface area contributed by atoms with Crippen LogP contribution in [0.4, 0.5) is 14.6 Å². The summed E-state index contributed by atoms with van der Waals surface area (Å²) in [5.74, 6) is 1.04. The maximum Gasteiger partial charge on any atom is 0.260 e. The second-order valence-corrected chi connectivity index (χ2v) is 10.6. The zero-order chi connectivity index (χ0) is 22.3. The maximum absolute atomic E-state index is 14.0. The highest BCUT2D eigenvalue weighted by Gasteiger charge is 2.40. The lowest BCUT2D eigenvalue weighted by Crippen LogP contribution is -2.52. The van der Waals surface area contributed by atoms with Crippen molar-refractivity contribution in [1.29, 1.82) is 0 Å². The fraction of sp³-hybridized carbons (Fsp3) is 0.826. The molecule has 1 N–H and O–H groups in total. The Labute approximate surface area is 184 Å². The lowest BCUT2D eigenvalue weighted by molar-refractivity contribution is -0.138. The van der Waals surface area contributed by atoms with Gasteiger partial charge in [-0.15, -0.1) is 0 Å². The largest absolute Gasteiger partial charge is 0.367 e. The molecule has 1 amide bonds. The summed E-state index contributed by atoms with van der Waals surface area (Å²) in [6.45, 7) is 11.5. The molecule has 8 heteroatoms. The van der Waals surface area contributed by atoms with Crippen molar-refractivity contribution in [1.82, 2.24) is 19.6 Å². The Morgan fingerprint density at radius 3 is 2.55 bits per heavy atom. The van der Waals surface area contributed by atoms with Crippen LogP contribution in [0.5, 0.6) is 0 Å². The van der Waals surface area contributed by atoms with E-state index in [1.807, 2.05) is 38.7 Å². The Kier molecular flexibility index (Phi) is 6.30. The summed E-state index contributed by atoms with van der Waals surface area (Å²) in [6.07, 6.45) is 2.07. The predicted octanol–water partition coefficient (Wildman–Crippen LogP) is 3.89. The van der Waals surface area contributed by atoms with Gasteiger partial charge < -0.3 is 10.2 Å². The van der Waals surface area contributed by atoms with Crippen LogP contribution in [0.1, 0.15) is 71.5 Å². The van der Waals surface area contributed by atoms with Gasteiger partial charge in [-0.2, -0.15) is 5.10 Å².